The van der Waals surface area contributed by atoms with Crippen molar-refractivity contribution in [3.63, 3.8) is 0 Å². The molecule has 0 aromatic heterocycles. The lowest BCUT2D eigenvalue weighted by molar-refractivity contribution is -0.122. The molecule has 2 heterocycles. The fourth-order valence-corrected chi connectivity index (χ4v) is 1.52. The maximum Gasteiger partial charge on any atom is 0.416 e. The lowest BCUT2D eigenvalue weighted by Gasteiger charge is -2.06. The Morgan fingerprint density at radius 2 is 2.38 bits per heavy atom. The summed E-state index contributed by atoms with van der Waals surface area (Å²) in [7, 11) is 0. The zero-order valence-electron chi connectivity index (χ0n) is 9.27. The van der Waals surface area contributed by atoms with E-state index in [2.05, 4.69) is 4.74 Å². The molecule has 5 heteroatoms. The second-order valence-corrected chi connectivity index (χ2v) is 4.28. The van der Waals surface area contributed by atoms with E-state index < -0.39 is 6.09 Å². The van der Waals surface area contributed by atoms with E-state index in [9.17, 15) is 9.59 Å². The van der Waals surface area contributed by atoms with Crippen LogP contribution in [-0.2, 0) is 14.3 Å². The third-order valence-electron chi connectivity index (χ3n) is 2.76. The fourth-order valence-electron chi connectivity index (χ4n) is 1.52. The third-order valence-corrected chi connectivity index (χ3v) is 2.76. The quantitative estimate of drug-likeness (QED) is 0.531. The number of hydrogen-bond donors (Lipinski definition) is 0. The van der Waals surface area contributed by atoms with Crippen molar-refractivity contribution >= 4 is 12.0 Å². The summed E-state index contributed by atoms with van der Waals surface area (Å²) in [6, 6.07) is 0. The van der Waals surface area contributed by atoms with E-state index in [1.807, 2.05) is 6.92 Å². The minimum Gasteiger partial charge on any atom is -0.447 e. The number of imide groups is 1. The van der Waals surface area contributed by atoms with Gasteiger partial charge in [0.25, 0.3) is 5.91 Å². The van der Waals surface area contributed by atoms with Crippen LogP contribution in [0.5, 0.6) is 0 Å². The van der Waals surface area contributed by atoms with Gasteiger partial charge in [0.15, 0.2) is 0 Å². The number of allylic oxidation sites excluding steroid dienone is 1. The molecule has 0 spiro atoms. The van der Waals surface area contributed by atoms with Crippen molar-refractivity contribution in [3.05, 3.63) is 12.2 Å². The number of ether oxygens (including phenoxy) is 2. The zero-order valence-corrected chi connectivity index (χ0v) is 9.27. The predicted octanol–water partition coefficient (Wildman–Crippen LogP) is 1.09. The normalized spacial score (nSPS) is 28.6. The monoisotopic (exact) mass is 225 g/mol. The number of nitrogens with zero attached hydrogens (tertiary/aromatic N) is 1. The molecule has 16 heavy (non-hydrogen) atoms. The molecular formula is C11H15NO4. The molecular weight excluding hydrogens is 210 g/mol. The van der Waals surface area contributed by atoms with E-state index in [-0.39, 0.29) is 11.5 Å². The van der Waals surface area contributed by atoms with Gasteiger partial charge < -0.3 is 9.47 Å². The van der Waals surface area contributed by atoms with E-state index in [4.69, 9.17) is 4.74 Å². The van der Waals surface area contributed by atoms with E-state index in [0.29, 0.717) is 13.2 Å². The fraction of sp³-hybridized carbons (Fsp3) is 0.636. The van der Waals surface area contributed by atoms with Crippen molar-refractivity contribution in [2.24, 2.45) is 0 Å². The van der Waals surface area contributed by atoms with Gasteiger partial charge in [-0.2, -0.15) is 0 Å². The van der Waals surface area contributed by atoms with Crippen molar-refractivity contribution in [3.8, 4) is 0 Å². The molecule has 2 saturated heterocycles. The highest BCUT2D eigenvalue weighted by molar-refractivity contribution is 5.99. The summed E-state index contributed by atoms with van der Waals surface area (Å²) in [5.41, 5.74) is 0.0139. The van der Waals surface area contributed by atoms with E-state index in [1.165, 1.54) is 6.08 Å². The molecule has 1 unspecified atom stereocenters. The summed E-state index contributed by atoms with van der Waals surface area (Å²) < 4.78 is 9.89. The van der Waals surface area contributed by atoms with Gasteiger partial charge in [0.1, 0.15) is 6.61 Å². The van der Waals surface area contributed by atoms with Crippen LogP contribution in [0.25, 0.3) is 0 Å². The molecule has 88 valence electrons. The van der Waals surface area contributed by atoms with Gasteiger partial charge in [0, 0.05) is 0 Å². The molecule has 0 radical (unpaired) electrons. The van der Waals surface area contributed by atoms with E-state index in [1.54, 1.807) is 6.08 Å². The highest BCUT2D eigenvalue weighted by Crippen LogP contribution is 2.31. The highest BCUT2D eigenvalue weighted by atomic mass is 16.6. The number of carbonyl (C=O) groups excluding carboxylic acids is 2. The van der Waals surface area contributed by atoms with Gasteiger partial charge in [-0.3, -0.25) is 4.79 Å². The summed E-state index contributed by atoms with van der Waals surface area (Å²) in [5.74, 6) is -0.302. The lowest BCUT2D eigenvalue weighted by atomic mass is 10.1. The number of cyclic esters (lactones) is 1. The molecule has 0 aromatic carbocycles. The maximum atomic E-state index is 11.5. The minimum atomic E-state index is -0.549. The first kappa shape index (κ1) is 11.1. The second kappa shape index (κ2) is 4.25. The van der Waals surface area contributed by atoms with Gasteiger partial charge in [-0.1, -0.05) is 6.08 Å². The van der Waals surface area contributed by atoms with E-state index >= 15 is 0 Å². The van der Waals surface area contributed by atoms with Gasteiger partial charge in [-0.25, -0.2) is 9.69 Å². The van der Waals surface area contributed by atoms with Crippen LogP contribution in [0.3, 0.4) is 0 Å². The Balaban J connectivity index is 1.73. The van der Waals surface area contributed by atoms with Crippen LogP contribution in [0, 0.1) is 0 Å². The smallest absolute Gasteiger partial charge is 0.416 e. The topological polar surface area (TPSA) is 59.1 Å². The Hall–Kier alpha value is -1.36. The molecule has 0 bridgehead atoms. The van der Waals surface area contributed by atoms with Crippen molar-refractivity contribution < 1.29 is 19.1 Å². The standard InChI is InChI=1S/C11H15NO4/c1-11(8-16-11)5-3-2-4-9(13)12-6-7-15-10(12)14/h2,4H,3,5-8H2,1H3/b4-2+. The molecule has 0 N–H and O–H groups in total. The van der Waals surface area contributed by atoms with Gasteiger partial charge in [0.05, 0.1) is 18.8 Å². The predicted molar refractivity (Wildman–Crippen MR) is 55.8 cm³/mol. The average molecular weight is 225 g/mol. The average Bonchev–Trinajstić information content (AvgIpc) is 2.81. The van der Waals surface area contributed by atoms with Crippen LogP contribution in [0.4, 0.5) is 4.79 Å². The molecule has 1 atom stereocenters. The van der Waals surface area contributed by atoms with Crippen LogP contribution in [0.15, 0.2) is 12.2 Å². The number of carbonyl (C=O) groups is 2. The van der Waals surface area contributed by atoms with Crippen molar-refractivity contribution in [2.75, 3.05) is 19.8 Å². The molecule has 0 aromatic rings. The highest BCUT2D eigenvalue weighted by Gasteiger charge is 2.37. The van der Waals surface area contributed by atoms with Crippen molar-refractivity contribution in [1.82, 2.24) is 4.90 Å². The molecule has 2 aliphatic rings. The molecule has 2 rings (SSSR count). The molecule has 2 amide bonds. The molecule has 2 aliphatic heterocycles. The Kier molecular flexibility index (Phi) is 2.96. The lowest BCUT2D eigenvalue weighted by Crippen LogP contribution is -2.29. The number of amides is 2. The van der Waals surface area contributed by atoms with Crippen LogP contribution >= 0.6 is 0 Å². The van der Waals surface area contributed by atoms with Crippen LogP contribution in [0.1, 0.15) is 19.8 Å². The SMILES string of the molecule is CC1(CC/C=C/C(=O)N2CCOC2=O)CO1. The minimum absolute atomic E-state index is 0.0139. The number of rotatable bonds is 4. The van der Waals surface area contributed by atoms with Crippen molar-refractivity contribution in [1.29, 1.82) is 0 Å². The summed E-state index contributed by atoms with van der Waals surface area (Å²) in [4.78, 5) is 23.7. The first-order valence-electron chi connectivity index (χ1n) is 5.39. The van der Waals surface area contributed by atoms with Gasteiger partial charge in [-0.05, 0) is 25.8 Å². The Morgan fingerprint density at radius 1 is 1.62 bits per heavy atom. The molecule has 0 aliphatic carbocycles. The Labute approximate surface area is 94.0 Å². The van der Waals surface area contributed by atoms with Crippen LogP contribution in [-0.4, -0.2) is 42.3 Å². The zero-order chi connectivity index (χ0) is 11.6. The first-order chi connectivity index (χ1) is 7.61. The van der Waals surface area contributed by atoms with Gasteiger partial charge >= 0.3 is 6.09 Å². The molecule has 5 nitrogen and oxygen atoms in total. The van der Waals surface area contributed by atoms with Crippen LogP contribution in [0.2, 0.25) is 0 Å². The summed E-state index contributed by atoms with van der Waals surface area (Å²) in [6.45, 7) is 3.49. The third kappa shape index (κ3) is 2.61. The Bertz CT molecular complexity index is 333. The maximum absolute atomic E-state index is 11.5. The number of hydrogen-bond acceptors (Lipinski definition) is 4. The van der Waals surface area contributed by atoms with Crippen molar-refractivity contribution in [2.45, 2.75) is 25.4 Å². The molecule has 2 fully saturated rings. The summed E-state index contributed by atoms with van der Waals surface area (Å²) >= 11 is 0. The van der Waals surface area contributed by atoms with Gasteiger partial charge in [-0.15, -0.1) is 0 Å². The summed E-state index contributed by atoms with van der Waals surface area (Å²) in [6.07, 6.45) is 4.35. The first-order valence-corrected chi connectivity index (χ1v) is 5.39. The summed E-state index contributed by atoms with van der Waals surface area (Å²) in [5, 5.41) is 0. The van der Waals surface area contributed by atoms with Gasteiger partial charge in [0.2, 0.25) is 0 Å². The van der Waals surface area contributed by atoms with E-state index in [0.717, 1.165) is 24.3 Å². The second-order valence-electron chi connectivity index (χ2n) is 4.28. The number of epoxide rings is 1. The largest absolute Gasteiger partial charge is 0.447 e. The van der Waals surface area contributed by atoms with Crippen LogP contribution < -0.4 is 0 Å². The Morgan fingerprint density at radius 3 is 2.94 bits per heavy atom. The molecule has 0 saturated carbocycles.